The third-order valence-electron chi connectivity index (χ3n) is 4.61. The van der Waals surface area contributed by atoms with E-state index >= 15 is 0 Å². The highest BCUT2D eigenvalue weighted by atomic mass is 19.1. The zero-order valence-electron chi connectivity index (χ0n) is 14.2. The fourth-order valence-electron chi connectivity index (χ4n) is 3.45. The Morgan fingerprint density at radius 3 is 2.60 bits per heavy atom. The third-order valence-corrected chi connectivity index (χ3v) is 4.61. The van der Waals surface area contributed by atoms with Crippen molar-refractivity contribution in [3.63, 3.8) is 0 Å². The van der Waals surface area contributed by atoms with E-state index in [2.05, 4.69) is 22.9 Å². The first-order valence-corrected chi connectivity index (χ1v) is 8.02. The summed E-state index contributed by atoms with van der Waals surface area (Å²) < 4.78 is 21.9. The second-order valence-electron chi connectivity index (χ2n) is 6.35. The first-order chi connectivity index (χ1) is 12.0. The number of benzene rings is 2. The summed E-state index contributed by atoms with van der Waals surface area (Å²) in [6, 6.07) is 12.9. The van der Waals surface area contributed by atoms with Gasteiger partial charge in [0.2, 0.25) is 5.69 Å². The number of pyridine rings is 1. The zero-order valence-corrected chi connectivity index (χ0v) is 14.2. The Morgan fingerprint density at radius 1 is 1.08 bits per heavy atom. The number of nitriles is 1. The molecule has 4 aromatic rings. The van der Waals surface area contributed by atoms with Crippen LogP contribution in [-0.4, -0.2) is 0 Å². The van der Waals surface area contributed by atoms with Gasteiger partial charge >= 0.3 is 0 Å². The number of furan rings is 1. The van der Waals surface area contributed by atoms with Crippen LogP contribution in [0.2, 0.25) is 0 Å². The molecule has 0 spiro atoms. The number of hydrogen-bond donors (Lipinski definition) is 0. The SMILES string of the molecule is Cc1ccc(-c2c(C)ccc3oc4c(C#N)c(F)ccc4c23)[n+](C)c1. The Balaban J connectivity index is 2.20. The summed E-state index contributed by atoms with van der Waals surface area (Å²) >= 11 is 0. The summed E-state index contributed by atoms with van der Waals surface area (Å²) in [6.07, 6.45) is 2.07. The zero-order chi connectivity index (χ0) is 17.7. The lowest BCUT2D eigenvalue weighted by Crippen LogP contribution is -2.31. The number of fused-ring (bicyclic) bond motifs is 3. The van der Waals surface area contributed by atoms with Crippen molar-refractivity contribution in [2.75, 3.05) is 0 Å². The van der Waals surface area contributed by atoms with Gasteiger partial charge in [-0.15, -0.1) is 0 Å². The van der Waals surface area contributed by atoms with Gasteiger partial charge in [0.25, 0.3) is 0 Å². The third kappa shape index (κ3) is 2.20. The van der Waals surface area contributed by atoms with E-state index in [1.54, 1.807) is 6.07 Å². The van der Waals surface area contributed by atoms with Crippen LogP contribution in [0.15, 0.2) is 47.0 Å². The van der Waals surface area contributed by atoms with Gasteiger partial charge < -0.3 is 4.42 Å². The smallest absolute Gasteiger partial charge is 0.213 e. The Kier molecular flexibility index (Phi) is 3.33. The molecule has 2 aromatic heterocycles. The lowest BCUT2D eigenvalue weighted by molar-refractivity contribution is -0.660. The predicted molar refractivity (Wildman–Crippen MR) is 94.5 cm³/mol. The number of nitrogens with zero attached hydrogens (tertiary/aromatic N) is 2. The van der Waals surface area contributed by atoms with Crippen LogP contribution in [0, 0.1) is 31.0 Å². The van der Waals surface area contributed by atoms with Crippen LogP contribution in [-0.2, 0) is 7.05 Å². The van der Waals surface area contributed by atoms with Gasteiger partial charge in [-0.25, -0.2) is 8.96 Å². The lowest BCUT2D eigenvalue weighted by atomic mass is 9.97. The Labute approximate surface area is 144 Å². The summed E-state index contributed by atoms with van der Waals surface area (Å²) in [5, 5.41) is 11.0. The molecule has 2 aromatic carbocycles. The van der Waals surface area contributed by atoms with E-state index in [1.807, 2.05) is 39.1 Å². The maximum atomic E-state index is 14.0. The van der Waals surface area contributed by atoms with Crippen molar-refractivity contribution in [1.29, 1.82) is 5.26 Å². The quantitative estimate of drug-likeness (QED) is 0.474. The fraction of sp³-hybridized carbons (Fsp3) is 0.143. The monoisotopic (exact) mass is 331 g/mol. The Morgan fingerprint density at radius 2 is 1.88 bits per heavy atom. The minimum atomic E-state index is -0.562. The second-order valence-corrected chi connectivity index (χ2v) is 6.35. The minimum Gasteiger partial charge on any atom is -0.455 e. The van der Waals surface area contributed by atoms with Gasteiger partial charge in [-0.3, -0.25) is 0 Å². The minimum absolute atomic E-state index is 0.0504. The molecule has 4 rings (SSSR count). The van der Waals surface area contributed by atoms with Crippen molar-refractivity contribution in [3.8, 4) is 17.3 Å². The van der Waals surface area contributed by atoms with Crippen LogP contribution in [0.5, 0.6) is 0 Å². The molecule has 0 unspecified atom stereocenters. The molecule has 2 heterocycles. The molecule has 0 fully saturated rings. The van der Waals surface area contributed by atoms with Crippen molar-refractivity contribution in [3.05, 3.63) is 65.1 Å². The van der Waals surface area contributed by atoms with Crippen molar-refractivity contribution in [1.82, 2.24) is 0 Å². The highest BCUT2D eigenvalue weighted by Crippen LogP contribution is 2.39. The maximum Gasteiger partial charge on any atom is 0.213 e. The molecule has 0 aliphatic carbocycles. The van der Waals surface area contributed by atoms with Crippen LogP contribution in [0.4, 0.5) is 4.39 Å². The number of rotatable bonds is 1. The fourth-order valence-corrected chi connectivity index (χ4v) is 3.45. The van der Waals surface area contributed by atoms with Crippen LogP contribution in [0.1, 0.15) is 16.7 Å². The van der Waals surface area contributed by atoms with Crippen molar-refractivity contribution >= 4 is 21.9 Å². The van der Waals surface area contributed by atoms with Gasteiger partial charge in [-0.05, 0) is 43.7 Å². The van der Waals surface area contributed by atoms with Crippen molar-refractivity contribution < 1.29 is 13.4 Å². The van der Waals surface area contributed by atoms with E-state index in [0.29, 0.717) is 11.2 Å². The molecule has 0 saturated heterocycles. The van der Waals surface area contributed by atoms with Gasteiger partial charge in [0.1, 0.15) is 30.1 Å². The molecule has 0 atom stereocenters. The molecule has 0 radical (unpaired) electrons. The Hall–Kier alpha value is -3.19. The topological polar surface area (TPSA) is 40.8 Å². The van der Waals surface area contributed by atoms with E-state index in [-0.39, 0.29) is 5.56 Å². The van der Waals surface area contributed by atoms with Gasteiger partial charge in [0, 0.05) is 22.4 Å². The molecular formula is C21H16FN2O+. The van der Waals surface area contributed by atoms with E-state index < -0.39 is 5.82 Å². The number of aromatic nitrogens is 1. The summed E-state index contributed by atoms with van der Waals surface area (Å²) in [7, 11) is 2.00. The molecule has 0 amide bonds. The van der Waals surface area contributed by atoms with Gasteiger partial charge in [0.05, 0.1) is 5.56 Å². The molecule has 0 bridgehead atoms. The highest BCUT2D eigenvalue weighted by molar-refractivity contribution is 6.13. The van der Waals surface area contributed by atoms with Crippen LogP contribution in [0.3, 0.4) is 0 Å². The largest absolute Gasteiger partial charge is 0.455 e. The van der Waals surface area contributed by atoms with E-state index in [9.17, 15) is 9.65 Å². The molecule has 25 heavy (non-hydrogen) atoms. The predicted octanol–water partition coefficient (Wildman–Crippen LogP) is 4.71. The molecule has 3 nitrogen and oxygen atoms in total. The Bertz CT molecular complexity index is 1200. The second kappa shape index (κ2) is 5.42. The van der Waals surface area contributed by atoms with Crippen molar-refractivity contribution in [2.24, 2.45) is 7.05 Å². The summed E-state index contributed by atoms with van der Waals surface area (Å²) in [6.45, 7) is 4.09. The molecule has 0 N–H and O–H groups in total. The highest BCUT2D eigenvalue weighted by Gasteiger charge is 2.22. The molecule has 0 saturated carbocycles. The van der Waals surface area contributed by atoms with Crippen LogP contribution in [0.25, 0.3) is 33.2 Å². The maximum absolute atomic E-state index is 14.0. The summed E-state index contributed by atoms with van der Waals surface area (Å²) in [5.41, 5.74) is 5.25. The molecule has 4 heteroatoms. The number of halogens is 1. The average molecular weight is 331 g/mol. The van der Waals surface area contributed by atoms with Gasteiger partial charge in [-0.1, -0.05) is 6.07 Å². The normalized spacial score (nSPS) is 11.2. The van der Waals surface area contributed by atoms with Gasteiger partial charge in [0.15, 0.2) is 11.8 Å². The molecular weight excluding hydrogens is 315 g/mol. The van der Waals surface area contributed by atoms with E-state index in [4.69, 9.17) is 4.42 Å². The number of hydrogen-bond acceptors (Lipinski definition) is 2. The van der Waals surface area contributed by atoms with Crippen LogP contribution >= 0.6 is 0 Å². The lowest BCUT2D eigenvalue weighted by Gasteiger charge is -2.07. The van der Waals surface area contributed by atoms with E-state index in [1.165, 1.54) is 11.6 Å². The molecule has 0 aliphatic heterocycles. The summed E-state index contributed by atoms with van der Waals surface area (Å²) in [4.78, 5) is 0. The first kappa shape index (κ1) is 15.3. The standard InChI is InChI=1S/C21H16FN2O/c1-12-4-8-17(24(3)11-12)19-13(2)5-9-18-20(19)14-6-7-16(22)15(10-23)21(14)25-18/h4-9,11H,1-3H3/q+1. The van der Waals surface area contributed by atoms with Crippen LogP contribution < -0.4 is 4.57 Å². The van der Waals surface area contributed by atoms with Crippen molar-refractivity contribution in [2.45, 2.75) is 13.8 Å². The summed E-state index contributed by atoms with van der Waals surface area (Å²) in [5.74, 6) is -0.562. The average Bonchev–Trinajstić information content (AvgIpc) is 2.94. The first-order valence-electron chi connectivity index (χ1n) is 8.02. The van der Waals surface area contributed by atoms with Gasteiger partial charge in [-0.2, -0.15) is 5.26 Å². The number of aryl methyl sites for hydroxylation is 3. The molecule has 122 valence electrons. The van der Waals surface area contributed by atoms with E-state index in [0.717, 1.165) is 27.6 Å². The molecule has 0 aliphatic rings.